The van der Waals surface area contributed by atoms with E-state index in [2.05, 4.69) is 63.6 Å². The second-order valence-corrected chi connectivity index (χ2v) is 10.6. The number of rotatable bonds is 4. The molecule has 0 radical (unpaired) electrons. The summed E-state index contributed by atoms with van der Waals surface area (Å²) in [5, 5.41) is 1.05. The van der Waals surface area contributed by atoms with E-state index in [4.69, 9.17) is 19.4 Å². The lowest BCUT2D eigenvalue weighted by molar-refractivity contribution is 0.645. The van der Waals surface area contributed by atoms with Crippen LogP contribution in [-0.2, 0) is 0 Å². The first-order chi connectivity index (χ1) is 21.3. The summed E-state index contributed by atoms with van der Waals surface area (Å²) in [6, 6.07) is 47.2. The maximum Gasteiger partial charge on any atom is 0.232 e. The maximum atomic E-state index is 6.42. The highest BCUT2D eigenvalue weighted by molar-refractivity contribution is 6.06. The normalized spacial score (nSPS) is 11.7. The van der Waals surface area contributed by atoms with Crippen LogP contribution in [0.15, 0.2) is 144 Å². The minimum Gasteiger partial charge on any atom is -0.437 e. The molecule has 0 spiro atoms. The van der Waals surface area contributed by atoms with Crippen LogP contribution in [0.25, 0.3) is 78.6 Å². The molecule has 6 heteroatoms. The van der Waals surface area contributed by atoms with Gasteiger partial charge in [-0.1, -0.05) is 97.1 Å². The molecular weight excluding hydrogens is 530 g/mol. The van der Waals surface area contributed by atoms with Crippen molar-refractivity contribution >= 4 is 39.0 Å². The third-order valence-corrected chi connectivity index (χ3v) is 7.95. The first kappa shape index (κ1) is 23.7. The van der Waals surface area contributed by atoms with Gasteiger partial charge in [0.15, 0.2) is 5.82 Å². The molecule has 0 N–H and O–H groups in total. The second-order valence-electron chi connectivity index (χ2n) is 10.6. The minimum atomic E-state index is 0.689. The van der Waals surface area contributed by atoms with Crippen LogP contribution in [0.3, 0.4) is 0 Å². The summed E-state index contributed by atoms with van der Waals surface area (Å²) in [5.74, 6) is 1.49. The first-order valence-corrected chi connectivity index (χ1v) is 14.2. The zero-order chi connectivity index (χ0) is 28.3. The van der Waals surface area contributed by atoms with Gasteiger partial charge in [-0.05, 0) is 42.5 Å². The largest absolute Gasteiger partial charge is 0.437 e. The van der Waals surface area contributed by atoms with Gasteiger partial charge in [-0.15, -0.1) is 0 Å². The molecule has 5 aromatic carbocycles. The molecule has 202 valence electrons. The molecule has 0 aliphatic rings. The lowest BCUT2D eigenvalue weighted by atomic mass is 10.1. The number of para-hydroxylation sites is 2. The van der Waals surface area contributed by atoms with Crippen molar-refractivity contribution in [2.75, 3.05) is 0 Å². The van der Waals surface area contributed by atoms with Gasteiger partial charge in [0, 0.05) is 22.1 Å². The highest BCUT2D eigenvalue weighted by Crippen LogP contribution is 2.37. The van der Waals surface area contributed by atoms with Crippen LogP contribution in [0.1, 0.15) is 0 Å². The molecule has 0 unspecified atom stereocenters. The summed E-state index contributed by atoms with van der Waals surface area (Å²) in [6.07, 6.45) is 0. The molecule has 6 nitrogen and oxygen atoms in total. The molecule has 0 atom stereocenters. The summed E-state index contributed by atoms with van der Waals surface area (Å²) in [5.41, 5.74) is 10.2. The molecule has 0 bridgehead atoms. The number of nitrogens with zero attached hydrogens (tertiary/aromatic N) is 5. The average Bonchev–Trinajstić information content (AvgIpc) is 3.72. The number of hydrogen-bond acceptors (Lipinski definition) is 4. The molecule has 0 saturated carbocycles. The molecule has 0 aliphatic heterocycles. The Balaban J connectivity index is 1.30. The number of hydrogen-bond donors (Lipinski definition) is 0. The topological polar surface area (TPSA) is 61.2 Å². The van der Waals surface area contributed by atoms with Crippen molar-refractivity contribution in [2.24, 2.45) is 0 Å². The average molecular weight is 554 g/mol. The van der Waals surface area contributed by atoms with E-state index < -0.39 is 0 Å². The maximum absolute atomic E-state index is 6.42. The molecule has 0 aliphatic carbocycles. The minimum absolute atomic E-state index is 0.689. The van der Waals surface area contributed by atoms with Crippen LogP contribution in [0.2, 0.25) is 0 Å². The Bertz CT molecular complexity index is 2380. The monoisotopic (exact) mass is 553 g/mol. The fourth-order valence-corrected chi connectivity index (χ4v) is 5.95. The van der Waals surface area contributed by atoms with Crippen LogP contribution in [0.5, 0.6) is 0 Å². The molecule has 4 heterocycles. The highest BCUT2D eigenvalue weighted by atomic mass is 16.3. The van der Waals surface area contributed by atoms with E-state index in [9.17, 15) is 0 Å². The standard InChI is InChI=1S/C37H23N5O/c1-4-12-24(13-5-1)29-23-30(39-35(38-29)25-14-6-2-7-15-25)26-20-21-32-31(22-26)40-37-41(27-16-8-3-9-17-27)36-34(42(32)37)28-18-10-11-19-33(28)43-36/h1-23H. The Kier molecular flexibility index (Phi) is 5.10. The van der Waals surface area contributed by atoms with Gasteiger partial charge in [-0.25, -0.2) is 19.5 Å². The van der Waals surface area contributed by atoms with Gasteiger partial charge in [0.05, 0.1) is 28.1 Å². The third-order valence-electron chi connectivity index (χ3n) is 7.95. The number of furan rings is 1. The summed E-state index contributed by atoms with van der Waals surface area (Å²) in [4.78, 5) is 15.2. The van der Waals surface area contributed by atoms with Crippen molar-refractivity contribution in [3.05, 3.63) is 140 Å². The molecule has 0 amide bonds. The van der Waals surface area contributed by atoms with Crippen molar-refractivity contribution in [1.29, 1.82) is 0 Å². The van der Waals surface area contributed by atoms with E-state index in [0.29, 0.717) is 5.82 Å². The zero-order valence-electron chi connectivity index (χ0n) is 22.9. The van der Waals surface area contributed by atoms with Gasteiger partial charge in [-0.3, -0.25) is 4.40 Å². The van der Waals surface area contributed by atoms with E-state index in [0.717, 1.165) is 72.8 Å². The number of imidazole rings is 2. The van der Waals surface area contributed by atoms with E-state index in [1.807, 2.05) is 84.9 Å². The number of benzene rings is 5. The molecule has 0 fully saturated rings. The van der Waals surface area contributed by atoms with E-state index in [-0.39, 0.29) is 0 Å². The fourth-order valence-electron chi connectivity index (χ4n) is 5.95. The van der Waals surface area contributed by atoms with Gasteiger partial charge in [-0.2, -0.15) is 0 Å². The van der Waals surface area contributed by atoms with Gasteiger partial charge in [0.1, 0.15) is 11.1 Å². The third kappa shape index (κ3) is 3.70. The summed E-state index contributed by atoms with van der Waals surface area (Å²) >= 11 is 0. The Hall–Kier alpha value is -6.01. The van der Waals surface area contributed by atoms with Crippen molar-refractivity contribution in [3.63, 3.8) is 0 Å². The van der Waals surface area contributed by atoms with Crippen molar-refractivity contribution < 1.29 is 4.42 Å². The smallest absolute Gasteiger partial charge is 0.232 e. The lowest BCUT2D eigenvalue weighted by Crippen LogP contribution is -1.95. The van der Waals surface area contributed by atoms with Gasteiger partial charge in [0.25, 0.3) is 0 Å². The van der Waals surface area contributed by atoms with E-state index in [1.165, 1.54) is 0 Å². The van der Waals surface area contributed by atoms with Crippen molar-refractivity contribution in [1.82, 2.24) is 23.9 Å². The molecule has 43 heavy (non-hydrogen) atoms. The fraction of sp³-hybridized carbons (Fsp3) is 0. The van der Waals surface area contributed by atoms with Crippen molar-refractivity contribution in [3.8, 4) is 39.6 Å². The van der Waals surface area contributed by atoms with E-state index in [1.54, 1.807) is 0 Å². The van der Waals surface area contributed by atoms with Gasteiger partial charge >= 0.3 is 0 Å². The number of fused-ring (bicyclic) bond motifs is 7. The Labute approximate surface area is 246 Å². The van der Waals surface area contributed by atoms with Gasteiger partial charge < -0.3 is 4.42 Å². The Morgan fingerprint density at radius 3 is 1.95 bits per heavy atom. The summed E-state index contributed by atoms with van der Waals surface area (Å²) in [6.45, 7) is 0. The van der Waals surface area contributed by atoms with Crippen LogP contribution in [-0.4, -0.2) is 23.9 Å². The first-order valence-electron chi connectivity index (χ1n) is 14.2. The number of aromatic nitrogens is 5. The molecule has 4 aromatic heterocycles. The molecule has 0 saturated heterocycles. The molecule has 9 rings (SSSR count). The Morgan fingerprint density at radius 1 is 0.535 bits per heavy atom. The summed E-state index contributed by atoms with van der Waals surface area (Å²) in [7, 11) is 0. The van der Waals surface area contributed by atoms with Crippen LogP contribution in [0, 0.1) is 0 Å². The Morgan fingerprint density at radius 2 is 1.19 bits per heavy atom. The summed E-state index contributed by atoms with van der Waals surface area (Å²) < 4.78 is 10.7. The highest BCUT2D eigenvalue weighted by Gasteiger charge is 2.23. The predicted molar refractivity (Wildman–Crippen MR) is 171 cm³/mol. The van der Waals surface area contributed by atoms with Crippen LogP contribution in [0.4, 0.5) is 0 Å². The second kappa shape index (κ2) is 9.26. The van der Waals surface area contributed by atoms with Crippen LogP contribution >= 0.6 is 0 Å². The van der Waals surface area contributed by atoms with E-state index >= 15 is 0 Å². The van der Waals surface area contributed by atoms with Crippen molar-refractivity contribution in [2.45, 2.75) is 0 Å². The quantitative estimate of drug-likeness (QED) is 0.218. The molecular formula is C37H23N5O. The molecule has 9 aromatic rings. The lowest BCUT2D eigenvalue weighted by Gasteiger charge is -2.09. The van der Waals surface area contributed by atoms with Gasteiger partial charge in [0.2, 0.25) is 11.5 Å². The SMILES string of the molecule is c1ccc(-c2cc(-c3ccc4c(c3)nc3n(-c5ccccc5)c5oc6ccccc6c5n43)nc(-c3ccccc3)n2)cc1. The zero-order valence-corrected chi connectivity index (χ0v) is 22.9. The predicted octanol–water partition coefficient (Wildman–Crippen LogP) is 8.97. The van der Waals surface area contributed by atoms with Crippen LogP contribution < -0.4 is 0 Å².